The summed E-state index contributed by atoms with van der Waals surface area (Å²) in [6, 6.07) is 14.5. The molecule has 5 nitrogen and oxygen atoms in total. The van der Waals surface area contributed by atoms with E-state index in [4.69, 9.17) is 21.4 Å². The first-order valence-electron chi connectivity index (χ1n) is 7.27. The number of benzene rings is 2. The molecule has 0 aliphatic heterocycles. The highest BCUT2D eigenvalue weighted by molar-refractivity contribution is 6.33. The van der Waals surface area contributed by atoms with E-state index in [-0.39, 0.29) is 19.1 Å². The van der Waals surface area contributed by atoms with Crippen molar-refractivity contribution in [3.8, 4) is 5.75 Å². The van der Waals surface area contributed by atoms with Crippen LogP contribution in [0.15, 0.2) is 48.5 Å². The van der Waals surface area contributed by atoms with E-state index in [2.05, 4.69) is 10.6 Å². The van der Waals surface area contributed by atoms with Gasteiger partial charge in [0.1, 0.15) is 12.4 Å². The predicted molar refractivity (Wildman–Crippen MR) is 90.8 cm³/mol. The fourth-order valence-corrected chi connectivity index (χ4v) is 2.10. The standard InChI is InChI=1S/C17H19ClN2O3/c18-15-7-6-13(12-21)10-16(15)20-11-17(22)19-8-9-23-14-4-2-1-3-5-14/h1-7,10,20-21H,8-9,11-12H2,(H,19,22). The van der Waals surface area contributed by atoms with Gasteiger partial charge in [0.05, 0.1) is 30.4 Å². The van der Waals surface area contributed by atoms with E-state index in [1.807, 2.05) is 30.3 Å². The molecular weight excluding hydrogens is 316 g/mol. The number of amides is 1. The second-order valence-corrected chi connectivity index (χ2v) is 5.24. The van der Waals surface area contributed by atoms with Crippen LogP contribution in [-0.2, 0) is 11.4 Å². The highest BCUT2D eigenvalue weighted by Crippen LogP contribution is 2.22. The Labute approximate surface area is 140 Å². The van der Waals surface area contributed by atoms with Crippen LogP contribution in [0.5, 0.6) is 5.75 Å². The summed E-state index contributed by atoms with van der Waals surface area (Å²) >= 11 is 6.04. The van der Waals surface area contributed by atoms with E-state index in [9.17, 15) is 4.79 Å². The molecule has 0 aromatic heterocycles. The van der Waals surface area contributed by atoms with Crippen molar-refractivity contribution in [1.82, 2.24) is 5.32 Å². The summed E-state index contributed by atoms with van der Waals surface area (Å²) in [7, 11) is 0. The number of hydrogen-bond acceptors (Lipinski definition) is 4. The highest BCUT2D eigenvalue weighted by Gasteiger charge is 2.05. The van der Waals surface area contributed by atoms with Crippen LogP contribution in [0.1, 0.15) is 5.56 Å². The lowest BCUT2D eigenvalue weighted by Crippen LogP contribution is -2.33. The van der Waals surface area contributed by atoms with E-state index in [1.165, 1.54) is 0 Å². The number of hydrogen-bond donors (Lipinski definition) is 3. The fourth-order valence-electron chi connectivity index (χ4n) is 1.92. The number of nitrogens with one attached hydrogen (secondary N) is 2. The number of carbonyl (C=O) groups excluding carboxylic acids is 1. The molecule has 0 bridgehead atoms. The van der Waals surface area contributed by atoms with Gasteiger partial charge in [-0.25, -0.2) is 0 Å². The minimum Gasteiger partial charge on any atom is -0.492 e. The van der Waals surface area contributed by atoms with Crippen LogP contribution in [0.3, 0.4) is 0 Å². The van der Waals surface area contributed by atoms with Gasteiger partial charge in [0.2, 0.25) is 5.91 Å². The van der Waals surface area contributed by atoms with Gasteiger partial charge < -0.3 is 20.5 Å². The number of para-hydroxylation sites is 1. The molecule has 1 amide bonds. The minimum absolute atomic E-state index is 0.0745. The molecule has 23 heavy (non-hydrogen) atoms. The number of aliphatic hydroxyl groups excluding tert-OH is 1. The molecule has 2 rings (SSSR count). The van der Waals surface area contributed by atoms with E-state index in [0.717, 1.165) is 11.3 Å². The monoisotopic (exact) mass is 334 g/mol. The van der Waals surface area contributed by atoms with Gasteiger partial charge in [-0.3, -0.25) is 4.79 Å². The Bertz CT molecular complexity index is 635. The Kier molecular flexibility index (Phi) is 6.72. The third-order valence-electron chi connectivity index (χ3n) is 3.09. The van der Waals surface area contributed by atoms with Gasteiger partial charge >= 0.3 is 0 Å². The zero-order valence-electron chi connectivity index (χ0n) is 12.6. The summed E-state index contributed by atoms with van der Waals surface area (Å²) in [6.45, 7) is 0.838. The quantitative estimate of drug-likeness (QED) is 0.648. The molecule has 6 heteroatoms. The first-order valence-corrected chi connectivity index (χ1v) is 7.64. The molecule has 3 N–H and O–H groups in total. The molecule has 0 fully saturated rings. The smallest absolute Gasteiger partial charge is 0.239 e. The lowest BCUT2D eigenvalue weighted by molar-refractivity contribution is -0.119. The SMILES string of the molecule is O=C(CNc1cc(CO)ccc1Cl)NCCOc1ccccc1. The molecule has 0 atom stereocenters. The second-order valence-electron chi connectivity index (χ2n) is 4.84. The number of ether oxygens (including phenoxy) is 1. The third kappa shape index (κ3) is 5.81. The van der Waals surface area contributed by atoms with Crippen LogP contribution >= 0.6 is 11.6 Å². The number of aliphatic hydroxyl groups is 1. The topological polar surface area (TPSA) is 70.6 Å². The number of carbonyl (C=O) groups is 1. The van der Waals surface area contributed by atoms with Crippen molar-refractivity contribution in [1.29, 1.82) is 0 Å². The van der Waals surface area contributed by atoms with Crippen LogP contribution in [0.2, 0.25) is 5.02 Å². The van der Waals surface area contributed by atoms with Gasteiger partial charge in [0, 0.05) is 0 Å². The van der Waals surface area contributed by atoms with Crippen LogP contribution in [0.25, 0.3) is 0 Å². The molecule has 0 saturated heterocycles. The first-order chi connectivity index (χ1) is 11.2. The molecule has 0 saturated carbocycles. The van der Waals surface area contributed by atoms with Crippen LogP contribution in [0.4, 0.5) is 5.69 Å². The maximum atomic E-state index is 11.8. The van der Waals surface area contributed by atoms with Crippen LogP contribution in [0, 0.1) is 0 Å². The highest BCUT2D eigenvalue weighted by atomic mass is 35.5. The summed E-state index contributed by atoms with van der Waals surface area (Å²) in [6.07, 6.45) is 0. The molecule has 0 radical (unpaired) electrons. The van der Waals surface area contributed by atoms with Crippen molar-refractivity contribution >= 4 is 23.2 Å². The zero-order valence-corrected chi connectivity index (χ0v) is 13.3. The van der Waals surface area contributed by atoms with Crippen molar-refractivity contribution in [2.24, 2.45) is 0 Å². The summed E-state index contributed by atoms with van der Waals surface area (Å²) in [5.41, 5.74) is 1.35. The van der Waals surface area contributed by atoms with Gasteiger partial charge in [-0.15, -0.1) is 0 Å². The lowest BCUT2D eigenvalue weighted by atomic mass is 10.2. The van der Waals surface area contributed by atoms with Crippen molar-refractivity contribution in [3.05, 3.63) is 59.1 Å². The van der Waals surface area contributed by atoms with E-state index in [1.54, 1.807) is 18.2 Å². The Morgan fingerprint density at radius 1 is 1.17 bits per heavy atom. The average Bonchev–Trinajstić information content (AvgIpc) is 2.59. The average molecular weight is 335 g/mol. The van der Waals surface area contributed by atoms with E-state index in [0.29, 0.717) is 23.9 Å². The van der Waals surface area contributed by atoms with Crippen molar-refractivity contribution in [3.63, 3.8) is 0 Å². The van der Waals surface area contributed by atoms with Gasteiger partial charge in [0.15, 0.2) is 0 Å². The molecule has 122 valence electrons. The second kappa shape index (κ2) is 9.02. The summed E-state index contributed by atoms with van der Waals surface area (Å²) in [5.74, 6) is 0.611. The molecular formula is C17H19ClN2O3. The molecule has 0 aliphatic rings. The van der Waals surface area contributed by atoms with Gasteiger partial charge in [0.25, 0.3) is 0 Å². The van der Waals surface area contributed by atoms with Gasteiger partial charge in [-0.1, -0.05) is 35.9 Å². The summed E-state index contributed by atoms with van der Waals surface area (Å²) in [5, 5.41) is 15.3. The maximum Gasteiger partial charge on any atom is 0.239 e. The molecule has 2 aromatic carbocycles. The number of halogens is 1. The van der Waals surface area contributed by atoms with Crippen LogP contribution < -0.4 is 15.4 Å². The Morgan fingerprint density at radius 3 is 2.70 bits per heavy atom. The zero-order chi connectivity index (χ0) is 16.5. The number of anilines is 1. The molecule has 0 heterocycles. The molecule has 0 spiro atoms. The number of rotatable bonds is 8. The Morgan fingerprint density at radius 2 is 1.96 bits per heavy atom. The third-order valence-corrected chi connectivity index (χ3v) is 3.42. The van der Waals surface area contributed by atoms with Gasteiger partial charge in [-0.2, -0.15) is 0 Å². The first kappa shape index (κ1) is 17.1. The van der Waals surface area contributed by atoms with E-state index < -0.39 is 0 Å². The van der Waals surface area contributed by atoms with Crippen molar-refractivity contribution in [2.45, 2.75) is 6.61 Å². The lowest BCUT2D eigenvalue weighted by Gasteiger charge is -2.11. The maximum absolute atomic E-state index is 11.8. The fraction of sp³-hybridized carbons (Fsp3) is 0.235. The van der Waals surface area contributed by atoms with Gasteiger partial charge in [-0.05, 0) is 29.8 Å². The molecule has 2 aromatic rings. The van der Waals surface area contributed by atoms with Crippen LogP contribution in [-0.4, -0.2) is 30.7 Å². The van der Waals surface area contributed by atoms with E-state index >= 15 is 0 Å². The summed E-state index contributed by atoms with van der Waals surface area (Å²) in [4.78, 5) is 11.8. The Balaban J connectivity index is 1.69. The molecule has 0 aliphatic carbocycles. The Hall–Kier alpha value is -2.24. The largest absolute Gasteiger partial charge is 0.492 e. The van der Waals surface area contributed by atoms with Crippen molar-refractivity contribution < 1.29 is 14.6 Å². The minimum atomic E-state index is -0.160. The normalized spacial score (nSPS) is 10.2. The molecule has 0 unspecified atom stereocenters. The van der Waals surface area contributed by atoms with Crippen molar-refractivity contribution in [2.75, 3.05) is 25.0 Å². The predicted octanol–water partition coefficient (Wildman–Crippen LogP) is 2.44. The summed E-state index contributed by atoms with van der Waals surface area (Å²) < 4.78 is 5.48.